The number of halogens is 1. The van der Waals surface area contributed by atoms with Crippen LogP contribution >= 0.6 is 11.6 Å². The Balaban J connectivity index is 2.30. The molecule has 2 aromatic carbocycles. The molecule has 0 bridgehead atoms. The average molecular weight is 313 g/mol. The highest BCUT2D eigenvalue weighted by atomic mass is 35.5. The van der Waals surface area contributed by atoms with Crippen molar-refractivity contribution < 1.29 is 13.2 Å². The summed E-state index contributed by atoms with van der Waals surface area (Å²) in [6.07, 6.45) is 0. The number of anilines is 2. The van der Waals surface area contributed by atoms with E-state index in [1.165, 1.54) is 37.4 Å². The van der Waals surface area contributed by atoms with Crippen LogP contribution in [-0.4, -0.2) is 15.5 Å². The first-order valence-electron chi connectivity index (χ1n) is 5.64. The first-order valence-corrected chi connectivity index (χ1v) is 7.50. The molecule has 3 N–H and O–H groups in total. The third-order valence-corrected chi connectivity index (χ3v) is 4.26. The molecule has 0 atom stereocenters. The quantitative estimate of drug-likeness (QED) is 0.851. The van der Waals surface area contributed by atoms with Crippen LogP contribution in [0.1, 0.15) is 0 Å². The minimum atomic E-state index is -3.67. The summed E-state index contributed by atoms with van der Waals surface area (Å²) in [5.74, 6) is 0.404. The summed E-state index contributed by atoms with van der Waals surface area (Å²) in [6, 6.07) is 10.5. The van der Waals surface area contributed by atoms with Crippen LogP contribution in [0.4, 0.5) is 11.4 Å². The van der Waals surface area contributed by atoms with E-state index in [4.69, 9.17) is 22.1 Å². The molecule has 7 heteroatoms. The van der Waals surface area contributed by atoms with Crippen molar-refractivity contribution >= 4 is 33.0 Å². The van der Waals surface area contributed by atoms with Crippen LogP contribution in [0, 0.1) is 0 Å². The first-order chi connectivity index (χ1) is 9.42. The number of methoxy groups -OCH3 is 1. The number of sulfonamides is 1. The normalized spacial score (nSPS) is 11.1. The summed E-state index contributed by atoms with van der Waals surface area (Å²) in [7, 11) is -2.21. The van der Waals surface area contributed by atoms with Gasteiger partial charge in [0.1, 0.15) is 5.75 Å². The van der Waals surface area contributed by atoms with Crippen LogP contribution in [0.2, 0.25) is 5.02 Å². The zero-order chi connectivity index (χ0) is 14.8. The lowest BCUT2D eigenvalue weighted by Gasteiger charge is -2.10. The number of nitrogens with two attached hydrogens (primary N) is 1. The molecule has 0 amide bonds. The van der Waals surface area contributed by atoms with E-state index in [1.54, 1.807) is 12.1 Å². The maximum atomic E-state index is 12.2. The van der Waals surface area contributed by atoms with Gasteiger partial charge in [0.2, 0.25) is 0 Å². The van der Waals surface area contributed by atoms with E-state index in [0.717, 1.165) is 0 Å². The molecule has 106 valence electrons. The van der Waals surface area contributed by atoms with Gasteiger partial charge in [-0.2, -0.15) is 0 Å². The molecule has 0 unspecified atom stereocenters. The van der Waals surface area contributed by atoms with Crippen molar-refractivity contribution in [1.29, 1.82) is 0 Å². The number of nitrogen functional groups attached to an aromatic ring is 1. The van der Waals surface area contributed by atoms with Crippen molar-refractivity contribution in [3.8, 4) is 5.75 Å². The Labute approximate surface area is 122 Å². The van der Waals surface area contributed by atoms with E-state index in [0.29, 0.717) is 22.1 Å². The minimum Gasteiger partial charge on any atom is -0.495 e. The molecule has 0 saturated carbocycles. The Bertz CT molecular complexity index is 715. The van der Waals surface area contributed by atoms with Gasteiger partial charge in [0.25, 0.3) is 10.0 Å². The second kappa shape index (κ2) is 5.60. The Morgan fingerprint density at radius 2 is 1.80 bits per heavy atom. The highest BCUT2D eigenvalue weighted by Gasteiger charge is 2.14. The molecule has 0 heterocycles. The van der Waals surface area contributed by atoms with Gasteiger partial charge in [-0.1, -0.05) is 11.6 Å². The van der Waals surface area contributed by atoms with Gasteiger partial charge in [-0.25, -0.2) is 8.42 Å². The molecule has 0 radical (unpaired) electrons. The lowest BCUT2D eigenvalue weighted by molar-refractivity contribution is 0.417. The van der Waals surface area contributed by atoms with E-state index in [2.05, 4.69) is 4.72 Å². The minimum absolute atomic E-state index is 0.123. The molecule has 0 aliphatic carbocycles. The van der Waals surface area contributed by atoms with Crippen molar-refractivity contribution in [1.82, 2.24) is 0 Å². The maximum absolute atomic E-state index is 12.2. The number of ether oxygens (including phenoxy) is 1. The van der Waals surface area contributed by atoms with Crippen LogP contribution in [-0.2, 0) is 10.0 Å². The highest BCUT2D eigenvalue weighted by Crippen LogP contribution is 2.26. The SMILES string of the molecule is COc1cc(NS(=O)(=O)c2ccc(Cl)cc2)ccc1N. The molecular weight excluding hydrogens is 300 g/mol. The Kier molecular flexibility index (Phi) is 4.06. The van der Waals surface area contributed by atoms with E-state index in [1.807, 2.05) is 0 Å². The second-order valence-electron chi connectivity index (χ2n) is 4.02. The zero-order valence-electron chi connectivity index (χ0n) is 10.6. The lowest BCUT2D eigenvalue weighted by atomic mass is 10.2. The smallest absolute Gasteiger partial charge is 0.261 e. The predicted molar refractivity (Wildman–Crippen MR) is 79.7 cm³/mol. The fraction of sp³-hybridized carbons (Fsp3) is 0.0769. The van der Waals surface area contributed by atoms with E-state index < -0.39 is 10.0 Å². The molecule has 0 aliphatic rings. The zero-order valence-corrected chi connectivity index (χ0v) is 12.2. The van der Waals surface area contributed by atoms with Crippen LogP contribution < -0.4 is 15.2 Å². The molecule has 0 fully saturated rings. The van der Waals surface area contributed by atoms with Crippen molar-refractivity contribution in [3.63, 3.8) is 0 Å². The monoisotopic (exact) mass is 312 g/mol. The van der Waals surface area contributed by atoms with Gasteiger partial charge < -0.3 is 10.5 Å². The summed E-state index contributed by atoms with van der Waals surface area (Å²) in [6.45, 7) is 0. The van der Waals surface area contributed by atoms with Gasteiger partial charge in [-0.15, -0.1) is 0 Å². The van der Waals surface area contributed by atoms with Crippen LogP contribution in [0.25, 0.3) is 0 Å². The number of hydrogen-bond donors (Lipinski definition) is 2. The first kappa shape index (κ1) is 14.5. The number of hydrogen-bond acceptors (Lipinski definition) is 4. The van der Waals surface area contributed by atoms with Gasteiger partial charge in [0.15, 0.2) is 0 Å². The fourth-order valence-electron chi connectivity index (χ4n) is 1.60. The number of benzene rings is 2. The average Bonchev–Trinajstić information content (AvgIpc) is 2.41. The van der Waals surface area contributed by atoms with Gasteiger partial charge >= 0.3 is 0 Å². The number of rotatable bonds is 4. The van der Waals surface area contributed by atoms with E-state index in [9.17, 15) is 8.42 Å². The van der Waals surface area contributed by atoms with Crippen molar-refractivity contribution in [2.75, 3.05) is 17.6 Å². The summed E-state index contributed by atoms with van der Waals surface area (Å²) in [4.78, 5) is 0.123. The molecule has 0 saturated heterocycles. The standard InChI is InChI=1S/C13H13ClN2O3S/c1-19-13-8-10(4-7-12(13)15)16-20(17,18)11-5-2-9(14)3-6-11/h2-8,16H,15H2,1H3. The summed E-state index contributed by atoms with van der Waals surface area (Å²) >= 11 is 5.73. The summed E-state index contributed by atoms with van der Waals surface area (Å²) in [5.41, 5.74) is 6.47. The third-order valence-electron chi connectivity index (χ3n) is 2.61. The Morgan fingerprint density at radius 3 is 2.40 bits per heavy atom. The molecule has 2 aromatic rings. The van der Waals surface area contributed by atoms with Crippen LogP contribution in [0.5, 0.6) is 5.75 Å². The fourth-order valence-corrected chi connectivity index (χ4v) is 2.78. The van der Waals surface area contributed by atoms with Gasteiger partial charge in [-0.05, 0) is 36.4 Å². The molecule has 0 aromatic heterocycles. The predicted octanol–water partition coefficient (Wildman–Crippen LogP) is 2.73. The van der Waals surface area contributed by atoms with Crippen molar-refractivity contribution in [2.24, 2.45) is 0 Å². The Hall–Kier alpha value is -1.92. The molecule has 0 aliphatic heterocycles. The largest absolute Gasteiger partial charge is 0.495 e. The maximum Gasteiger partial charge on any atom is 0.261 e. The Morgan fingerprint density at radius 1 is 1.15 bits per heavy atom. The van der Waals surface area contributed by atoms with E-state index >= 15 is 0 Å². The molecular formula is C13H13ClN2O3S. The van der Waals surface area contributed by atoms with E-state index in [-0.39, 0.29) is 4.90 Å². The van der Waals surface area contributed by atoms with Gasteiger partial charge in [-0.3, -0.25) is 4.72 Å². The molecule has 20 heavy (non-hydrogen) atoms. The van der Waals surface area contributed by atoms with Crippen LogP contribution in [0.3, 0.4) is 0 Å². The van der Waals surface area contributed by atoms with Gasteiger partial charge in [0.05, 0.1) is 23.4 Å². The molecule has 5 nitrogen and oxygen atoms in total. The lowest BCUT2D eigenvalue weighted by Crippen LogP contribution is -2.13. The number of nitrogens with one attached hydrogen (secondary N) is 1. The van der Waals surface area contributed by atoms with Crippen LogP contribution in [0.15, 0.2) is 47.4 Å². The highest BCUT2D eigenvalue weighted by molar-refractivity contribution is 7.92. The molecule has 2 rings (SSSR count). The third kappa shape index (κ3) is 3.15. The topological polar surface area (TPSA) is 81.4 Å². The molecule has 0 spiro atoms. The van der Waals surface area contributed by atoms with Crippen molar-refractivity contribution in [3.05, 3.63) is 47.5 Å². The summed E-state index contributed by atoms with van der Waals surface area (Å²) in [5, 5.41) is 0.470. The second-order valence-corrected chi connectivity index (χ2v) is 6.13. The summed E-state index contributed by atoms with van der Waals surface area (Å²) < 4.78 is 31.8. The van der Waals surface area contributed by atoms with Crippen molar-refractivity contribution in [2.45, 2.75) is 4.90 Å². The van der Waals surface area contributed by atoms with Gasteiger partial charge in [0, 0.05) is 11.1 Å².